The summed E-state index contributed by atoms with van der Waals surface area (Å²) in [4.78, 5) is 0. The van der Waals surface area contributed by atoms with Crippen molar-refractivity contribution in [1.29, 1.82) is 0 Å². The first-order valence-corrected chi connectivity index (χ1v) is 7.95. The van der Waals surface area contributed by atoms with Crippen LogP contribution in [0.1, 0.15) is 33.7 Å². The van der Waals surface area contributed by atoms with Gasteiger partial charge in [0.15, 0.2) is 0 Å². The lowest BCUT2D eigenvalue weighted by molar-refractivity contribution is 0.418. The molecule has 3 heteroatoms. The molecule has 0 spiro atoms. The lowest BCUT2D eigenvalue weighted by Crippen LogP contribution is -2.13. The lowest BCUT2D eigenvalue weighted by atomic mass is 9.81. The van der Waals surface area contributed by atoms with E-state index < -0.39 is 0 Å². The minimum absolute atomic E-state index is 0.00329. The summed E-state index contributed by atoms with van der Waals surface area (Å²) in [5.41, 5.74) is 4.62. The molecule has 3 aromatic rings. The molecule has 120 valence electrons. The van der Waals surface area contributed by atoms with Crippen LogP contribution in [-0.2, 0) is 0 Å². The second-order valence-corrected chi connectivity index (χ2v) is 6.20. The number of phenols is 2. The van der Waals surface area contributed by atoms with Crippen LogP contribution >= 0.6 is 0 Å². The predicted octanol–water partition coefficient (Wildman–Crippen LogP) is 5.00. The molecule has 3 aromatic carbocycles. The number of fused-ring (bicyclic) bond motifs is 2. The molecule has 0 aliphatic carbocycles. The fourth-order valence-corrected chi connectivity index (χ4v) is 3.40. The van der Waals surface area contributed by atoms with Crippen molar-refractivity contribution in [2.45, 2.75) is 19.8 Å². The van der Waals surface area contributed by atoms with Gasteiger partial charge < -0.3 is 14.9 Å². The molecule has 0 unspecified atom stereocenters. The fraction of sp³-hybridized carbons (Fsp3) is 0.143. The Morgan fingerprint density at radius 2 is 1.21 bits per heavy atom. The van der Waals surface area contributed by atoms with E-state index in [1.165, 1.54) is 0 Å². The zero-order valence-electron chi connectivity index (χ0n) is 13.6. The van der Waals surface area contributed by atoms with E-state index in [1.807, 2.05) is 44.2 Å². The van der Waals surface area contributed by atoms with Crippen LogP contribution in [-0.4, -0.2) is 10.2 Å². The van der Waals surface area contributed by atoms with E-state index in [1.54, 1.807) is 12.1 Å². The minimum atomic E-state index is 0.00329. The summed E-state index contributed by atoms with van der Waals surface area (Å²) in [5.74, 6) is 1.77. The SMILES string of the molecule is Cc1c(O)ccc2c1Oc1c(ccc(O)c1C)C2c1ccccc1. The van der Waals surface area contributed by atoms with Crippen LogP contribution in [0, 0.1) is 13.8 Å². The Morgan fingerprint density at radius 3 is 1.71 bits per heavy atom. The summed E-state index contributed by atoms with van der Waals surface area (Å²) in [6, 6.07) is 17.5. The highest BCUT2D eigenvalue weighted by molar-refractivity contribution is 5.65. The second-order valence-electron chi connectivity index (χ2n) is 6.20. The molecule has 0 aromatic heterocycles. The Kier molecular flexibility index (Phi) is 3.24. The lowest BCUT2D eigenvalue weighted by Gasteiger charge is -2.31. The number of hydrogen-bond donors (Lipinski definition) is 2. The average Bonchev–Trinajstić information content (AvgIpc) is 2.61. The van der Waals surface area contributed by atoms with Crippen molar-refractivity contribution >= 4 is 0 Å². The Bertz CT molecular complexity index is 872. The normalized spacial score (nSPS) is 13.1. The molecule has 1 heterocycles. The van der Waals surface area contributed by atoms with Gasteiger partial charge in [-0.05, 0) is 31.5 Å². The van der Waals surface area contributed by atoms with Gasteiger partial charge in [0.2, 0.25) is 0 Å². The van der Waals surface area contributed by atoms with Crippen molar-refractivity contribution in [3.63, 3.8) is 0 Å². The van der Waals surface area contributed by atoms with E-state index in [0.717, 1.165) is 16.7 Å². The molecule has 0 amide bonds. The summed E-state index contributed by atoms with van der Waals surface area (Å²) >= 11 is 0. The summed E-state index contributed by atoms with van der Waals surface area (Å²) < 4.78 is 6.13. The van der Waals surface area contributed by atoms with E-state index in [-0.39, 0.29) is 17.4 Å². The predicted molar refractivity (Wildman–Crippen MR) is 93.1 cm³/mol. The van der Waals surface area contributed by atoms with Crippen molar-refractivity contribution in [3.8, 4) is 23.0 Å². The van der Waals surface area contributed by atoms with Crippen LogP contribution < -0.4 is 4.74 Å². The standard InChI is InChI=1S/C21H18O3/c1-12-17(22)10-8-15-19(14-6-4-3-5-7-14)16-9-11-18(23)13(2)21(16)24-20(12)15/h3-11,19,22-23H,1-2H3. The zero-order valence-corrected chi connectivity index (χ0v) is 13.6. The van der Waals surface area contributed by atoms with Gasteiger partial charge in [-0.1, -0.05) is 42.5 Å². The summed E-state index contributed by atoms with van der Waals surface area (Å²) in [6.45, 7) is 3.69. The minimum Gasteiger partial charge on any atom is -0.508 e. The van der Waals surface area contributed by atoms with Crippen LogP contribution in [0.2, 0.25) is 0 Å². The molecular formula is C21H18O3. The van der Waals surface area contributed by atoms with Gasteiger partial charge in [0.1, 0.15) is 23.0 Å². The van der Waals surface area contributed by atoms with Gasteiger partial charge in [0, 0.05) is 28.2 Å². The molecule has 1 aliphatic rings. The highest BCUT2D eigenvalue weighted by Gasteiger charge is 2.32. The molecule has 4 rings (SSSR count). The molecule has 24 heavy (non-hydrogen) atoms. The van der Waals surface area contributed by atoms with Crippen LogP contribution in [0.4, 0.5) is 0 Å². The monoisotopic (exact) mass is 318 g/mol. The van der Waals surface area contributed by atoms with Crippen molar-refractivity contribution in [2.75, 3.05) is 0 Å². The number of phenolic OH excluding ortho intramolecular Hbond substituents is 2. The zero-order chi connectivity index (χ0) is 16.8. The first-order chi connectivity index (χ1) is 11.6. The van der Waals surface area contributed by atoms with Gasteiger partial charge in [0.25, 0.3) is 0 Å². The third kappa shape index (κ3) is 2.05. The first kappa shape index (κ1) is 14.6. The maximum Gasteiger partial charge on any atom is 0.138 e. The number of rotatable bonds is 1. The second kappa shape index (κ2) is 5.31. The third-order valence-electron chi connectivity index (χ3n) is 4.77. The van der Waals surface area contributed by atoms with Gasteiger partial charge in [-0.25, -0.2) is 0 Å². The van der Waals surface area contributed by atoms with Crippen LogP contribution in [0.5, 0.6) is 23.0 Å². The summed E-state index contributed by atoms with van der Waals surface area (Å²) in [7, 11) is 0. The van der Waals surface area contributed by atoms with Crippen molar-refractivity contribution in [2.24, 2.45) is 0 Å². The summed E-state index contributed by atoms with van der Waals surface area (Å²) in [5, 5.41) is 20.1. The largest absolute Gasteiger partial charge is 0.508 e. The first-order valence-electron chi connectivity index (χ1n) is 7.95. The third-order valence-corrected chi connectivity index (χ3v) is 4.77. The van der Waals surface area contributed by atoms with E-state index in [4.69, 9.17) is 4.74 Å². The molecule has 0 bridgehead atoms. The van der Waals surface area contributed by atoms with Gasteiger partial charge in [-0.3, -0.25) is 0 Å². The Morgan fingerprint density at radius 1 is 0.708 bits per heavy atom. The van der Waals surface area contributed by atoms with Crippen LogP contribution in [0.15, 0.2) is 54.6 Å². The van der Waals surface area contributed by atoms with Crippen molar-refractivity contribution in [3.05, 3.63) is 82.4 Å². The molecule has 2 N–H and O–H groups in total. The molecule has 0 saturated carbocycles. The maximum absolute atomic E-state index is 10.1. The average molecular weight is 318 g/mol. The van der Waals surface area contributed by atoms with Crippen LogP contribution in [0.25, 0.3) is 0 Å². The Balaban J connectivity index is 2.04. The molecule has 0 radical (unpaired) electrons. The Labute approximate surface area is 140 Å². The van der Waals surface area contributed by atoms with E-state index >= 15 is 0 Å². The number of ether oxygens (including phenoxy) is 1. The molecule has 0 atom stereocenters. The molecular weight excluding hydrogens is 300 g/mol. The molecule has 3 nitrogen and oxygen atoms in total. The summed E-state index contributed by atoms with van der Waals surface area (Å²) in [6.07, 6.45) is 0. The molecule has 0 saturated heterocycles. The van der Waals surface area contributed by atoms with Crippen molar-refractivity contribution in [1.82, 2.24) is 0 Å². The number of aromatic hydroxyl groups is 2. The number of benzene rings is 3. The fourth-order valence-electron chi connectivity index (χ4n) is 3.40. The topological polar surface area (TPSA) is 49.7 Å². The maximum atomic E-state index is 10.1. The molecule has 0 fully saturated rings. The Hall–Kier alpha value is -2.94. The highest BCUT2D eigenvalue weighted by Crippen LogP contribution is 2.52. The van der Waals surface area contributed by atoms with Gasteiger partial charge in [-0.2, -0.15) is 0 Å². The van der Waals surface area contributed by atoms with Gasteiger partial charge >= 0.3 is 0 Å². The van der Waals surface area contributed by atoms with Crippen molar-refractivity contribution < 1.29 is 14.9 Å². The van der Waals surface area contributed by atoms with Crippen LogP contribution in [0.3, 0.4) is 0 Å². The van der Waals surface area contributed by atoms with E-state index in [9.17, 15) is 10.2 Å². The number of hydrogen-bond acceptors (Lipinski definition) is 3. The molecule has 1 aliphatic heterocycles. The smallest absolute Gasteiger partial charge is 0.138 e. The quantitative estimate of drug-likeness (QED) is 0.519. The van der Waals surface area contributed by atoms with E-state index in [2.05, 4.69) is 12.1 Å². The van der Waals surface area contributed by atoms with E-state index in [0.29, 0.717) is 22.6 Å². The van der Waals surface area contributed by atoms with Gasteiger partial charge in [0.05, 0.1) is 0 Å². The highest BCUT2D eigenvalue weighted by atomic mass is 16.5. The van der Waals surface area contributed by atoms with Gasteiger partial charge in [-0.15, -0.1) is 0 Å².